The van der Waals surface area contributed by atoms with Gasteiger partial charge in [-0.05, 0) is 67.8 Å². The monoisotopic (exact) mass is 527 g/mol. The lowest BCUT2D eigenvalue weighted by atomic mass is 10.1. The number of halogens is 1. The van der Waals surface area contributed by atoms with Crippen LogP contribution in [0.5, 0.6) is 0 Å². The molecule has 0 aliphatic rings. The van der Waals surface area contributed by atoms with Gasteiger partial charge >= 0.3 is 0 Å². The van der Waals surface area contributed by atoms with Crippen LogP contribution >= 0.6 is 11.6 Å². The van der Waals surface area contributed by atoms with Crippen LogP contribution in [0.15, 0.2) is 77.7 Å². The number of carbonyl (C=O) groups is 2. The van der Waals surface area contributed by atoms with Gasteiger partial charge in [-0.2, -0.15) is 0 Å². The van der Waals surface area contributed by atoms with Crippen LogP contribution in [0.3, 0.4) is 0 Å². The van der Waals surface area contributed by atoms with Crippen molar-refractivity contribution in [1.82, 2.24) is 10.2 Å². The van der Waals surface area contributed by atoms with Gasteiger partial charge in [-0.1, -0.05) is 54.1 Å². The minimum atomic E-state index is -4.13. The molecular formula is C27H30ClN3O4S. The summed E-state index contributed by atoms with van der Waals surface area (Å²) < 4.78 is 28.6. The smallest absolute Gasteiger partial charge is 0.264 e. The number of nitrogens with one attached hydrogen (secondary N) is 1. The number of anilines is 1. The number of rotatable bonds is 9. The summed E-state index contributed by atoms with van der Waals surface area (Å²) in [6.07, 6.45) is 0. The number of nitrogens with zero attached hydrogens (tertiary/aromatic N) is 2. The molecule has 0 aliphatic heterocycles. The third-order valence-corrected chi connectivity index (χ3v) is 8.11. The van der Waals surface area contributed by atoms with Crippen molar-refractivity contribution in [1.29, 1.82) is 0 Å². The normalized spacial score (nSPS) is 12.0. The summed E-state index contributed by atoms with van der Waals surface area (Å²) in [6, 6.07) is 19.5. The molecule has 0 bridgehead atoms. The maximum atomic E-state index is 13.8. The number of benzene rings is 3. The maximum Gasteiger partial charge on any atom is 0.264 e. The van der Waals surface area contributed by atoms with Crippen LogP contribution in [-0.2, 0) is 26.2 Å². The molecule has 0 aliphatic carbocycles. The Balaban J connectivity index is 2.06. The van der Waals surface area contributed by atoms with E-state index in [4.69, 9.17) is 11.6 Å². The summed E-state index contributed by atoms with van der Waals surface area (Å²) in [7, 11) is -2.63. The summed E-state index contributed by atoms with van der Waals surface area (Å²) in [5.41, 5.74) is 2.89. The molecule has 9 heteroatoms. The second kappa shape index (κ2) is 11.6. The van der Waals surface area contributed by atoms with E-state index in [1.165, 1.54) is 36.2 Å². The van der Waals surface area contributed by atoms with Crippen molar-refractivity contribution in [2.45, 2.75) is 38.3 Å². The standard InChI is InChI=1S/C27H30ClN3O4S/c1-19-9-5-7-11-22(19)17-30(21(3)27(33)29-4)26(32)18-31(25-12-8-6-10-20(25)2)36(34,35)24-15-13-23(28)14-16-24/h5-16,21H,17-18H2,1-4H3,(H,29,33). The molecule has 3 aromatic carbocycles. The van der Waals surface area contributed by atoms with E-state index in [1.807, 2.05) is 31.2 Å². The van der Waals surface area contributed by atoms with Gasteiger partial charge in [-0.15, -0.1) is 0 Å². The number of sulfonamides is 1. The highest BCUT2D eigenvalue weighted by molar-refractivity contribution is 7.92. The fourth-order valence-corrected chi connectivity index (χ4v) is 5.46. The van der Waals surface area contributed by atoms with Crippen molar-refractivity contribution in [3.05, 3.63) is 94.5 Å². The summed E-state index contributed by atoms with van der Waals surface area (Å²) in [4.78, 5) is 27.7. The summed E-state index contributed by atoms with van der Waals surface area (Å²) in [5.74, 6) is -0.852. The molecule has 1 unspecified atom stereocenters. The maximum absolute atomic E-state index is 13.8. The fourth-order valence-electron chi connectivity index (χ4n) is 3.85. The average molecular weight is 528 g/mol. The molecule has 0 saturated carbocycles. The molecule has 0 radical (unpaired) electrons. The van der Waals surface area contributed by atoms with Crippen LogP contribution in [0.4, 0.5) is 5.69 Å². The fraction of sp³-hybridized carbons (Fsp3) is 0.259. The molecule has 0 aromatic heterocycles. The quantitative estimate of drug-likeness (QED) is 0.449. The van der Waals surface area contributed by atoms with Gasteiger partial charge in [0, 0.05) is 18.6 Å². The summed E-state index contributed by atoms with van der Waals surface area (Å²) in [5, 5.41) is 2.98. The van der Waals surface area contributed by atoms with Crippen LogP contribution in [0.1, 0.15) is 23.6 Å². The lowest BCUT2D eigenvalue weighted by Gasteiger charge is -2.32. The van der Waals surface area contributed by atoms with Crippen LogP contribution in [0, 0.1) is 13.8 Å². The molecule has 0 spiro atoms. The number of hydrogen-bond acceptors (Lipinski definition) is 4. The predicted molar refractivity (Wildman–Crippen MR) is 142 cm³/mol. The molecule has 1 N–H and O–H groups in total. The van der Waals surface area contributed by atoms with E-state index in [-0.39, 0.29) is 17.3 Å². The first kappa shape index (κ1) is 27.2. The Kier molecular flexibility index (Phi) is 8.76. The van der Waals surface area contributed by atoms with Gasteiger partial charge in [-0.25, -0.2) is 8.42 Å². The second-order valence-electron chi connectivity index (χ2n) is 8.49. The molecule has 3 aromatic rings. The van der Waals surface area contributed by atoms with Crippen molar-refractivity contribution < 1.29 is 18.0 Å². The highest BCUT2D eigenvalue weighted by Gasteiger charge is 2.33. The molecule has 36 heavy (non-hydrogen) atoms. The van der Waals surface area contributed by atoms with Crippen molar-refractivity contribution in [3.8, 4) is 0 Å². The Labute approximate surface area is 217 Å². The van der Waals surface area contributed by atoms with Crippen molar-refractivity contribution in [2.75, 3.05) is 17.9 Å². The topological polar surface area (TPSA) is 86.8 Å². The van der Waals surface area contributed by atoms with E-state index >= 15 is 0 Å². The van der Waals surface area contributed by atoms with E-state index in [0.717, 1.165) is 15.4 Å². The largest absolute Gasteiger partial charge is 0.357 e. The Morgan fingerprint density at radius 3 is 2.08 bits per heavy atom. The lowest BCUT2D eigenvalue weighted by molar-refractivity contribution is -0.139. The molecule has 7 nitrogen and oxygen atoms in total. The van der Waals surface area contributed by atoms with Crippen LogP contribution in [0.2, 0.25) is 5.02 Å². The Hall–Kier alpha value is -3.36. The SMILES string of the molecule is CNC(=O)C(C)N(Cc1ccccc1C)C(=O)CN(c1ccccc1C)S(=O)(=O)c1ccc(Cl)cc1. The Morgan fingerprint density at radius 1 is 0.917 bits per heavy atom. The van der Waals surface area contributed by atoms with Gasteiger partial charge in [0.15, 0.2) is 0 Å². The Morgan fingerprint density at radius 2 is 1.50 bits per heavy atom. The van der Waals surface area contributed by atoms with Crippen molar-refractivity contribution in [3.63, 3.8) is 0 Å². The number of para-hydroxylation sites is 1. The minimum absolute atomic E-state index is 0.00718. The summed E-state index contributed by atoms with van der Waals surface area (Å²) in [6.45, 7) is 5.00. The second-order valence-corrected chi connectivity index (χ2v) is 10.8. The van der Waals surface area contributed by atoms with Gasteiger partial charge in [0.05, 0.1) is 10.6 Å². The third kappa shape index (κ3) is 6.06. The first-order chi connectivity index (χ1) is 17.1. The van der Waals surface area contributed by atoms with E-state index in [2.05, 4.69) is 5.32 Å². The first-order valence-corrected chi connectivity index (χ1v) is 13.3. The summed E-state index contributed by atoms with van der Waals surface area (Å²) >= 11 is 5.97. The highest BCUT2D eigenvalue weighted by Crippen LogP contribution is 2.28. The molecule has 0 fully saturated rings. The molecular weight excluding hydrogens is 498 g/mol. The third-order valence-electron chi connectivity index (χ3n) is 6.08. The van der Waals surface area contributed by atoms with Crippen molar-refractivity contribution in [2.24, 2.45) is 0 Å². The first-order valence-electron chi connectivity index (χ1n) is 11.5. The molecule has 190 valence electrons. The number of aryl methyl sites for hydroxylation is 2. The van der Waals surface area contributed by atoms with Crippen molar-refractivity contribution >= 4 is 39.1 Å². The molecule has 2 amide bonds. The zero-order valence-electron chi connectivity index (χ0n) is 20.7. The van der Waals surface area contributed by atoms with E-state index in [1.54, 1.807) is 38.1 Å². The van der Waals surface area contributed by atoms with Gasteiger partial charge in [-0.3, -0.25) is 13.9 Å². The number of amides is 2. The van der Waals surface area contributed by atoms with E-state index in [0.29, 0.717) is 16.3 Å². The number of hydrogen-bond donors (Lipinski definition) is 1. The lowest BCUT2D eigenvalue weighted by Crippen LogP contribution is -2.50. The van der Waals surface area contributed by atoms with Gasteiger partial charge in [0.25, 0.3) is 10.0 Å². The van der Waals surface area contributed by atoms with Crippen LogP contribution in [-0.4, -0.2) is 44.8 Å². The molecule has 1 atom stereocenters. The zero-order chi connectivity index (χ0) is 26.5. The number of carbonyl (C=O) groups excluding carboxylic acids is 2. The van der Waals surface area contributed by atoms with Gasteiger partial charge in [0.2, 0.25) is 11.8 Å². The molecule has 0 heterocycles. The van der Waals surface area contributed by atoms with Gasteiger partial charge in [0.1, 0.15) is 12.6 Å². The Bertz CT molecular complexity index is 1340. The van der Waals surface area contributed by atoms with E-state index in [9.17, 15) is 18.0 Å². The highest BCUT2D eigenvalue weighted by atomic mass is 35.5. The molecule has 3 rings (SSSR count). The molecule has 0 saturated heterocycles. The average Bonchev–Trinajstić information content (AvgIpc) is 2.86. The van der Waals surface area contributed by atoms with Gasteiger partial charge < -0.3 is 10.2 Å². The zero-order valence-corrected chi connectivity index (χ0v) is 22.3. The minimum Gasteiger partial charge on any atom is -0.357 e. The predicted octanol–water partition coefficient (Wildman–Crippen LogP) is 4.32. The van der Waals surface area contributed by atoms with Crippen LogP contribution < -0.4 is 9.62 Å². The van der Waals surface area contributed by atoms with Crippen LogP contribution in [0.25, 0.3) is 0 Å². The number of likely N-dealkylation sites (N-methyl/N-ethyl adjacent to an activating group) is 1. The van der Waals surface area contributed by atoms with E-state index < -0.39 is 28.5 Å².